The molecule has 8 heteroatoms. The molecule has 0 radical (unpaired) electrons. The minimum atomic E-state index is -2.90. The predicted octanol–water partition coefficient (Wildman–Crippen LogP) is 3.04. The molecule has 0 saturated heterocycles. The predicted molar refractivity (Wildman–Crippen MR) is 84.7 cm³/mol. The molecule has 0 aromatic heterocycles. The van der Waals surface area contributed by atoms with Crippen LogP contribution in [-0.2, 0) is 4.79 Å². The van der Waals surface area contributed by atoms with Crippen LogP contribution in [0.4, 0.5) is 14.5 Å². The van der Waals surface area contributed by atoms with Crippen molar-refractivity contribution in [3.8, 4) is 5.75 Å². The number of carbonyl (C=O) groups is 1. The van der Waals surface area contributed by atoms with Crippen LogP contribution in [0.25, 0.3) is 0 Å². The highest BCUT2D eigenvalue weighted by Crippen LogP contribution is 2.24. The van der Waals surface area contributed by atoms with Crippen LogP contribution < -0.4 is 15.8 Å². The average Bonchev–Trinajstić information content (AvgIpc) is 2.39. The van der Waals surface area contributed by atoms with Gasteiger partial charge in [0.15, 0.2) is 0 Å². The minimum Gasteiger partial charge on any atom is -0.434 e. The standard InChI is InChI=1S/C13H18F2N2O2S.ClH/c1-8-3-4-9(7-11(8)19-13(14)15)17-12(18)10(16)5-6-20-2;/h3-4,7,10,13H,5-6,16H2,1-2H3,(H,17,18);1H/t10-;/m0./s1. The number of hydrogen-bond donors (Lipinski definition) is 2. The van der Waals surface area contributed by atoms with Gasteiger partial charge in [0.05, 0.1) is 6.04 Å². The van der Waals surface area contributed by atoms with E-state index in [1.165, 1.54) is 6.07 Å². The van der Waals surface area contributed by atoms with E-state index < -0.39 is 12.7 Å². The van der Waals surface area contributed by atoms with Crippen LogP contribution in [-0.4, -0.2) is 30.6 Å². The first-order valence-corrected chi connectivity index (χ1v) is 7.44. The minimum absolute atomic E-state index is 0. The zero-order valence-electron chi connectivity index (χ0n) is 11.8. The van der Waals surface area contributed by atoms with Gasteiger partial charge < -0.3 is 15.8 Å². The topological polar surface area (TPSA) is 64.4 Å². The maximum Gasteiger partial charge on any atom is 0.387 e. The van der Waals surface area contributed by atoms with E-state index in [9.17, 15) is 13.6 Å². The number of nitrogens with two attached hydrogens (primary N) is 1. The van der Waals surface area contributed by atoms with Gasteiger partial charge in [-0.25, -0.2) is 0 Å². The van der Waals surface area contributed by atoms with Gasteiger partial charge >= 0.3 is 6.61 Å². The second kappa shape index (κ2) is 9.81. The van der Waals surface area contributed by atoms with E-state index in [1.54, 1.807) is 30.8 Å². The van der Waals surface area contributed by atoms with Gasteiger partial charge in [-0.2, -0.15) is 20.5 Å². The van der Waals surface area contributed by atoms with Gasteiger partial charge in [0.2, 0.25) is 5.91 Å². The van der Waals surface area contributed by atoms with Crippen molar-refractivity contribution in [3.05, 3.63) is 23.8 Å². The molecule has 0 aliphatic carbocycles. The van der Waals surface area contributed by atoms with E-state index in [0.717, 1.165) is 5.75 Å². The summed E-state index contributed by atoms with van der Waals surface area (Å²) in [6.45, 7) is -1.25. The number of hydrogen-bond acceptors (Lipinski definition) is 4. The van der Waals surface area contributed by atoms with Gasteiger partial charge in [0, 0.05) is 11.8 Å². The molecule has 4 nitrogen and oxygen atoms in total. The smallest absolute Gasteiger partial charge is 0.387 e. The first-order chi connectivity index (χ1) is 9.43. The molecular formula is C13H19ClF2N2O2S. The summed E-state index contributed by atoms with van der Waals surface area (Å²) in [5.74, 6) is 0.476. The molecule has 1 rings (SSSR count). The van der Waals surface area contributed by atoms with Crippen LogP contribution in [0.1, 0.15) is 12.0 Å². The lowest BCUT2D eigenvalue weighted by atomic mass is 10.2. The van der Waals surface area contributed by atoms with E-state index in [4.69, 9.17) is 5.73 Å². The SMILES string of the molecule is CSCC[C@H](N)C(=O)Nc1ccc(C)c(OC(F)F)c1.Cl. The van der Waals surface area contributed by atoms with Crippen LogP contribution in [0, 0.1) is 6.92 Å². The highest BCUT2D eigenvalue weighted by atomic mass is 35.5. The molecule has 1 aromatic carbocycles. The average molecular weight is 341 g/mol. The summed E-state index contributed by atoms with van der Waals surface area (Å²) in [6.07, 6.45) is 2.48. The van der Waals surface area contributed by atoms with Crippen molar-refractivity contribution >= 4 is 35.8 Å². The number of alkyl halides is 2. The first kappa shape index (κ1) is 19.9. The molecule has 0 spiro atoms. The number of ether oxygens (including phenoxy) is 1. The van der Waals surface area contributed by atoms with E-state index in [2.05, 4.69) is 10.1 Å². The van der Waals surface area contributed by atoms with Crippen molar-refractivity contribution in [2.24, 2.45) is 5.73 Å². The normalized spacial score (nSPS) is 11.7. The summed E-state index contributed by atoms with van der Waals surface area (Å²) in [5.41, 5.74) is 6.67. The quantitative estimate of drug-likeness (QED) is 0.800. The third kappa shape index (κ3) is 6.97. The molecule has 0 aliphatic heterocycles. The number of carbonyl (C=O) groups excluding carboxylic acids is 1. The molecule has 0 aliphatic rings. The van der Waals surface area contributed by atoms with Crippen molar-refractivity contribution in [2.45, 2.75) is 26.0 Å². The van der Waals surface area contributed by atoms with E-state index >= 15 is 0 Å². The molecule has 1 aromatic rings. The molecule has 0 heterocycles. The molecule has 21 heavy (non-hydrogen) atoms. The Bertz CT molecular complexity index is 464. The number of benzene rings is 1. The number of nitrogens with one attached hydrogen (secondary N) is 1. The molecule has 120 valence electrons. The van der Waals surface area contributed by atoms with E-state index in [1.807, 2.05) is 6.26 Å². The fourth-order valence-electron chi connectivity index (χ4n) is 1.51. The fraction of sp³-hybridized carbons (Fsp3) is 0.462. The summed E-state index contributed by atoms with van der Waals surface area (Å²) in [5, 5.41) is 2.59. The number of rotatable bonds is 7. The Morgan fingerprint density at radius 2 is 2.14 bits per heavy atom. The third-order valence-corrected chi connectivity index (χ3v) is 3.29. The lowest BCUT2D eigenvalue weighted by Gasteiger charge is -2.14. The third-order valence-electron chi connectivity index (χ3n) is 2.64. The van der Waals surface area contributed by atoms with E-state index in [-0.39, 0.29) is 24.1 Å². The Morgan fingerprint density at radius 3 is 2.71 bits per heavy atom. The number of thioether (sulfide) groups is 1. The van der Waals surface area contributed by atoms with Crippen LogP contribution in [0.5, 0.6) is 5.75 Å². The second-order valence-electron chi connectivity index (χ2n) is 4.24. The van der Waals surface area contributed by atoms with Gasteiger partial charge in [0.1, 0.15) is 5.75 Å². The van der Waals surface area contributed by atoms with Crippen molar-refractivity contribution in [1.29, 1.82) is 0 Å². The number of halogens is 3. The van der Waals surface area contributed by atoms with Crippen molar-refractivity contribution in [2.75, 3.05) is 17.3 Å². The fourth-order valence-corrected chi connectivity index (χ4v) is 2.00. The van der Waals surface area contributed by atoms with Crippen molar-refractivity contribution < 1.29 is 18.3 Å². The zero-order valence-corrected chi connectivity index (χ0v) is 13.4. The summed E-state index contributed by atoms with van der Waals surface area (Å²) < 4.78 is 28.8. The highest BCUT2D eigenvalue weighted by Gasteiger charge is 2.14. The van der Waals surface area contributed by atoms with Gasteiger partial charge in [0.25, 0.3) is 0 Å². The van der Waals surface area contributed by atoms with Gasteiger partial charge in [-0.15, -0.1) is 12.4 Å². The van der Waals surface area contributed by atoms with Gasteiger partial charge in [-0.05, 0) is 37.0 Å². The first-order valence-electron chi connectivity index (χ1n) is 6.05. The Hall–Kier alpha value is -1.05. The Labute approximate surface area is 133 Å². The Morgan fingerprint density at radius 1 is 1.48 bits per heavy atom. The molecule has 0 unspecified atom stereocenters. The summed E-state index contributed by atoms with van der Waals surface area (Å²) in [7, 11) is 0. The zero-order chi connectivity index (χ0) is 15.1. The van der Waals surface area contributed by atoms with Crippen molar-refractivity contribution in [1.82, 2.24) is 0 Å². The Kier molecular flexibility index (Phi) is 9.32. The molecule has 1 atom stereocenters. The number of aryl methyl sites for hydroxylation is 1. The van der Waals surface area contributed by atoms with Gasteiger partial charge in [-0.1, -0.05) is 6.07 Å². The molecule has 3 N–H and O–H groups in total. The van der Waals surface area contributed by atoms with Gasteiger partial charge in [-0.3, -0.25) is 4.79 Å². The maximum atomic E-state index is 12.2. The summed E-state index contributed by atoms with van der Waals surface area (Å²) in [6, 6.07) is 3.96. The van der Waals surface area contributed by atoms with Crippen LogP contribution in [0.2, 0.25) is 0 Å². The van der Waals surface area contributed by atoms with E-state index in [0.29, 0.717) is 17.7 Å². The maximum absolute atomic E-state index is 12.2. The molecule has 0 fully saturated rings. The van der Waals surface area contributed by atoms with Crippen LogP contribution in [0.3, 0.4) is 0 Å². The lowest BCUT2D eigenvalue weighted by molar-refractivity contribution is -0.117. The molecule has 1 amide bonds. The van der Waals surface area contributed by atoms with Crippen LogP contribution >= 0.6 is 24.2 Å². The molecular weight excluding hydrogens is 322 g/mol. The molecule has 0 bridgehead atoms. The largest absolute Gasteiger partial charge is 0.434 e. The van der Waals surface area contributed by atoms with Crippen molar-refractivity contribution in [3.63, 3.8) is 0 Å². The monoisotopic (exact) mass is 340 g/mol. The summed E-state index contributed by atoms with van der Waals surface area (Å²) >= 11 is 1.60. The number of amides is 1. The van der Waals surface area contributed by atoms with Crippen LogP contribution in [0.15, 0.2) is 18.2 Å². The highest BCUT2D eigenvalue weighted by molar-refractivity contribution is 7.98. The Balaban J connectivity index is 0.00000400. The second-order valence-corrected chi connectivity index (χ2v) is 5.22. The lowest BCUT2D eigenvalue weighted by Crippen LogP contribution is -2.36. The summed E-state index contributed by atoms with van der Waals surface area (Å²) in [4.78, 5) is 11.8. The molecule has 0 saturated carbocycles. The number of anilines is 1.